The number of rotatable bonds is 4. The van der Waals surface area contributed by atoms with Crippen LogP contribution in [0.15, 0.2) is 36.4 Å². The molecule has 0 radical (unpaired) electrons. The zero-order valence-corrected chi connectivity index (χ0v) is 10.7. The van der Waals surface area contributed by atoms with E-state index in [1.54, 1.807) is 6.92 Å². The fourth-order valence-electron chi connectivity index (χ4n) is 1.75. The summed E-state index contributed by atoms with van der Waals surface area (Å²) in [5, 5.41) is 19.8. The molecule has 0 saturated heterocycles. The molecule has 2 aromatic rings. The first-order valence-corrected chi connectivity index (χ1v) is 5.83. The third kappa shape index (κ3) is 2.92. The number of hydrogen-bond donors (Lipinski definition) is 1. The molecule has 2 rings (SSSR count). The maximum Gasteiger partial charge on any atom is 0.269 e. The van der Waals surface area contributed by atoms with E-state index in [-0.39, 0.29) is 12.3 Å². The van der Waals surface area contributed by atoms with Crippen molar-refractivity contribution in [2.75, 3.05) is 0 Å². The lowest BCUT2D eigenvalue weighted by Crippen LogP contribution is -1.95. The minimum absolute atomic E-state index is 0.0312. The second-order valence-electron chi connectivity index (χ2n) is 4.22. The molecule has 0 aliphatic heterocycles. The monoisotopic (exact) mass is 277 g/mol. The molecule has 0 saturated carbocycles. The Balaban J connectivity index is 2.33. The highest BCUT2D eigenvalue weighted by Gasteiger charge is 2.11. The summed E-state index contributed by atoms with van der Waals surface area (Å²) in [5.41, 5.74) is 0.853. The van der Waals surface area contributed by atoms with E-state index in [0.717, 1.165) is 0 Å². The van der Waals surface area contributed by atoms with E-state index in [1.165, 1.54) is 36.4 Å². The van der Waals surface area contributed by atoms with Crippen LogP contribution in [0.4, 0.5) is 10.1 Å². The summed E-state index contributed by atoms with van der Waals surface area (Å²) in [6, 6.07) is 7.98. The van der Waals surface area contributed by atoms with E-state index in [2.05, 4.69) is 0 Å². The van der Waals surface area contributed by atoms with Gasteiger partial charge in [-0.1, -0.05) is 0 Å². The van der Waals surface area contributed by atoms with Crippen LogP contribution in [0.25, 0.3) is 0 Å². The highest BCUT2D eigenvalue weighted by Crippen LogP contribution is 2.30. The van der Waals surface area contributed by atoms with Crippen molar-refractivity contribution < 1.29 is 19.2 Å². The molecule has 6 heteroatoms. The summed E-state index contributed by atoms with van der Waals surface area (Å²) in [4.78, 5) is 10.2. The predicted octanol–water partition coefficient (Wildman–Crippen LogP) is 3.33. The van der Waals surface area contributed by atoms with Crippen molar-refractivity contribution in [2.24, 2.45) is 0 Å². The van der Waals surface area contributed by atoms with Crippen LogP contribution in [0.2, 0.25) is 0 Å². The van der Waals surface area contributed by atoms with Crippen LogP contribution < -0.4 is 4.74 Å². The van der Waals surface area contributed by atoms with E-state index in [9.17, 15) is 19.6 Å². The standard InChI is InChI=1S/C14H12FNO4/c1-9-6-12(16(18)19)3-5-13(9)20-14-4-2-11(15)7-10(14)8-17/h2-7,17H,8H2,1H3. The van der Waals surface area contributed by atoms with Gasteiger partial charge in [0.2, 0.25) is 0 Å². The smallest absolute Gasteiger partial charge is 0.269 e. The maximum atomic E-state index is 13.1. The number of nitro benzene ring substituents is 1. The molecule has 0 unspecified atom stereocenters. The molecule has 5 nitrogen and oxygen atoms in total. The number of benzene rings is 2. The second kappa shape index (κ2) is 5.66. The average molecular weight is 277 g/mol. The maximum absolute atomic E-state index is 13.1. The van der Waals surface area contributed by atoms with Gasteiger partial charge in [-0.15, -0.1) is 0 Å². The largest absolute Gasteiger partial charge is 0.457 e. The average Bonchev–Trinajstić information content (AvgIpc) is 2.42. The van der Waals surface area contributed by atoms with Crippen molar-refractivity contribution in [3.8, 4) is 11.5 Å². The third-order valence-corrected chi connectivity index (χ3v) is 2.78. The molecule has 104 valence electrons. The first-order chi connectivity index (χ1) is 9.51. The Morgan fingerprint density at radius 3 is 2.55 bits per heavy atom. The van der Waals surface area contributed by atoms with E-state index in [0.29, 0.717) is 22.6 Å². The molecule has 0 aliphatic rings. The Labute approximate surface area is 114 Å². The van der Waals surface area contributed by atoms with Crippen molar-refractivity contribution in [2.45, 2.75) is 13.5 Å². The van der Waals surface area contributed by atoms with E-state index < -0.39 is 10.7 Å². The zero-order valence-electron chi connectivity index (χ0n) is 10.7. The molecule has 1 N–H and O–H groups in total. The van der Waals surface area contributed by atoms with Gasteiger partial charge in [0.05, 0.1) is 11.5 Å². The van der Waals surface area contributed by atoms with E-state index in [1.807, 2.05) is 0 Å². The number of halogens is 1. The molecule has 0 bridgehead atoms. The van der Waals surface area contributed by atoms with Gasteiger partial charge in [-0.3, -0.25) is 10.1 Å². The fraction of sp³-hybridized carbons (Fsp3) is 0.143. The summed E-state index contributed by atoms with van der Waals surface area (Å²) in [6.45, 7) is 1.31. The Kier molecular flexibility index (Phi) is 3.95. The SMILES string of the molecule is Cc1cc([N+](=O)[O-])ccc1Oc1ccc(F)cc1CO. The van der Waals surface area contributed by atoms with Gasteiger partial charge < -0.3 is 9.84 Å². The zero-order chi connectivity index (χ0) is 14.7. The van der Waals surface area contributed by atoms with Crippen molar-refractivity contribution in [3.63, 3.8) is 0 Å². The van der Waals surface area contributed by atoms with Crippen LogP contribution in [0.3, 0.4) is 0 Å². The molecule has 0 aromatic heterocycles. The summed E-state index contributed by atoms with van der Waals surface area (Å²) >= 11 is 0. The Hall–Kier alpha value is -2.47. The minimum Gasteiger partial charge on any atom is -0.457 e. The molecule has 0 spiro atoms. The topological polar surface area (TPSA) is 72.6 Å². The lowest BCUT2D eigenvalue weighted by atomic mass is 10.2. The molecular formula is C14H12FNO4. The lowest BCUT2D eigenvalue weighted by Gasteiger charge is -2.11. The molecule has 20 heavy (non-hydrogen) atoms. The highest BCUT2D eigenvalue weighted by atomic mass is 19.1. The summed E-state index contributed by atoms with van der Waals surface area (Å²) in [5.74, 6) is 0.254. The molecule has 0 aliphatic carbocycles. The molecular weight excluding hydrogens is 265 g/mol. The van der Waals surface area contributed by atoms with Crippen LogP contribution in [0, 0.1) is 22.9 Å². The molecule has 2 aromatic carbocycles. The Bertz CT molecular complexity index is 658. The van der Waals surface area contributed by atoms with Crippen LogP contribution in [-0.2, 0) is 6.61 Å². The van der Waals surface area contributed by atoms with Gasteiger partial charge >= 0.3 is 0 Å². The van der Waals surface area contributed by atoms with Gasteiger partial charge in [0.1, 0.15) is 17.3 Å². The second-order valence-corrected chi connectivity index (χ2v) is 4.22. The van der Waals surface area contributed by atoms with Crippen LogP contribution in [0.1, 0.15) is 11.1 Å². The van der Waals surface area contributed by atoms with Crippen molar-refractivity contribution >= 4 is 5.69 Å². The molecule has 0 amide bonds. The van der Waals surface area contributed by atoms with Gasteiger partial charge in [-0.2, -0.15) is 0 Å². The number of aliphatic hydroxyl groups is 1. The summed E-state index contributed by atoms with van der Waals surface area (Å²) in [6.07, 6.45) is 0. The number of aryl methyl sites for hydroxylation is 1. The summed E-state index contributed by atoms with van der Waals surface area (Å²) < 4.78 is 18.6. The van der Waals surface area contributed by atoms with E-state index in [4.69, 9.17) is 4.74 Å². The number of nitrogens with zero attached hydrogens (tertiary/aromatic N) is 1. The van der Waals surface area contributed by atoms with E-state index >= 15 is 0 Å². The van der Waals surface area contributed by atoms with Crippen LogP contribution in [0.5, 0.6) is 11.5 Å². The quantitative estimate of drug-likeness (QED) is 0.687. The fourth-order valence-corrected chi connectivity index (χ4v) is 1.75. The molecule has 0 atom stereocenters. The Morgan fingerprint density at radius 2 is 1.95 bits per heavy atom. The highest BCUT2D eigenvalue weighted by molar-refractivity contribution is 5.46. The van der Waals surface area contributed by atoms with Gasteiger partial charge in [-0.05, 0) is 36.8 Å². The van der Waals surface area contributed by atoms with Crippen molar-refractivity contribution in [1.29, 1.82) is 0 Å². The number of ether oxygens (including phenoxy) is 1. The van der Waals surface area contributed by atoms with Crippen molar-refractivity contribution in [3.05, 3.63) is 63.5 Å². The number of nitro groups is 1. The number of hydrogen-bond acceptors (Lipinski definition) is 4. The predicted molar refractivity (Wildman–Crippen MR) is 70.2 cm³/mol. The molecule has 0 fully saturated rings. The van der Waals surface area contributed by atoms with Crippen LogP contribution >= 0.6 is 0 Å². The van der Waals surface area contributed by atoms with Crippen LogP contribution in [-0.4, -0.2) is 10.0 Å². The normalized spacial score (nSPS) is 10.3. The summed E-state index contributed by atoms with van der Waals surface area (Å²) in [7, 11) is 0. The first-order valence-electron chi connectivity index (χ1n) is 5.83. The number of non-ortho nitro benzene ring substituents is 1. The van der Waals surface area contributed by atoms with Gasteiger partial charge in [-0.25, -0.2) is 4.39 Å². The van der Waals surface area contributed by atoms with Gasteiger partial charge in [0.25, 0.3) is 5.69 Å². The lowest BCUT2D eigenvalue weighted by molar-refractivity contribution is -0.384. The van der Waals surface area contributed by atoms with Crippen molar-refractivity contribution in [1.82, 2.24) is 0 Å². The minimum atomic E-state index is -0.492. The van der Waals surface area contributed by atoms with Gasteiger partial charge in [0, 0.05) is 17.7 Å². The molecule has 0 heterocycles. The number of aliphatic hydroxyl groups excluding tert-OH is 1. The first kappa shape index (κ1) is 14.0. The third-order valence-electron chi connectivity index (χ3n) is 2.78. The van der Waals surface area contributed by atoms with Gasteiger partial charge in [0.15, 0.2) is 0 Å². The Morgan fingerprint density at radius 1 is 1.25 bits per heavy atom.